The van der Waals surface area contributed by atoms with E-state index in [-0.39, 0.29) is 29.2 Å². The second-order valence-electron chi connectivity index (χ2n) is 9.99. The van der Waals surface area contributed by atoms with Gasteiger partial charge in [-0.05, 0) is 49.8 Å². The van der Waals surface area contributed by atoms with Crippen LogP contribution >= 0.6 is 11.6 Å². The molecule has 7 nitrogen and oxygen atoms in total. The quantitative estimate of drug-likeness (QED) is 0.497. The van der Waals surface area contributed by atoms with Gasteiger partial charge in [0.1, 0.15) is 6.04 Å². The van der Waals surface area contributed by atoms with Gasteiger partial charge in [-0.1, -0.05) is 48.0 Å². The maximum atomic E-state index is 13.5. The molecule has 0 bridgehead atoms. The lowest BCUT2D eigenvalue weighted by atomic mass is 9.93. The number of rotatable bonds is 6. The highest BCUT2D eigenvalue weighted by atomic mass is 35.5. The maximum absolute atomic E-state index is 13.5. The van der Waals surface area contributed by atoms with Gasteiger partial charge in [-0.15, -0.1) is 0 Å². The minimum Gasteiger partial charge on any atom is -0.342 e. The molecular weight excluding hydrogens is 533 g/mol. The number of para-hydroxylation sites is 1. The molecular formula is C28H32ClF3N4O3. The third-order valence-corrected chi connectivity index (χ3v) is 7.58. The first-order valence-electron chi connectivity index (χ1n) is 13.2. The van der Waals surface area contributed by atoms with Crippen LogP contribution in [-0.4, -0.2) is 59.9 Å². The van der Waals surface area contributed by atoms with Crippen LogP contribution < -0.4 is 10.6 Å². The number of alkyl halides is 3. The topological polar surface area (TPSA) is 81.8 Å². The molecule has 2 N–H and O–H groups in total. The fourth-order valence-electron chi connectivity index (χ4n) is 5.18. The first-order valence-corrected chi connectivity index (χ1v) is 13.6. The van der Waals surface area contributed by atoms with Crippen molar-refractivity contribution in [2.75, 3.05) is 31.5 Å². The molecule has 2 fully saturated rings. The van der Waals surface area contributed by atoms with Gasteiger partial charge in [0.05, 0.1) is 16.3 Å². The van der Waals surface area contributed by atoms with E-state index in [1.54, 1.807) is 29.2 Å². The van der Waals surface area contributed by atoms with Crippen LogP contribution in [0.4, 0.5) is 23.7 Å². The second kappa shape index (κ2) is 12.7. The molecule has 2 aromatic rings. The van der Waals surface area contributed by atoms with Crippen molar-refractivity contribution in [3.63, 3.8) is 0 Å². The summed E-state index contributed by atoms with van der Waals surface area (Å²) in [6.45, 7) is 2.27. The van der Waals surface area contributed by atoms with Crippen molar-refractivity contribution in [2.45, 2.75) is 50.7 Å². The van der Waals surface area contributed by atoms with E-state index in [1.165, 1.54) is 6.07 Å². The summed E-state index contributed by atoms with van der Waals surface area (Å²) >= 11 is 5.98. The molecule has 2 aliphatic heterocycles. The Kier molecular flexibility index (Phi) is 9.37. The zero-order chi connectivity index (χ0) is 28.0. The number of hydrogen-bond acceptors (Lipinski definition) is 3. The van der Waals surface area contributed by atoms with Crippen molar-refractivity contribution >= 4 is 35.1 Å². The van der Waals surface area contributed by atoms with Crippen molar-refractivity contribution in [2.24, 2.45) is 5.92 Å². The smallest absolute Gasteiger partial charge is 0.342 e. The molecule has 2 saturated heterocycles. The predicted octanol–water partition coefficient (Wildman–Crippen LogP) is 5.34. The van der Waals surface area contributed by atoms with Gasteiger partial charge in [-0.3, -0.25) is 9.59 Å². The molecule has 39 heavy (non-hydrogen) atoms. The summed E-state index contributed by atoms with van der Waals surface area (Å²) < 4.78 is 40.5. The van der Waals surface area contributed by atoms with Crippen LogP contribution in [-0.2, 0) is 22.2 Å². The van der Waals surface area contributed by atoms with E-state index in [9.17, 15) is 27.6 Å². The Morgan fingerprint density at radius 3 is 2.21 bits per heavy atom. The lowest BCUT2D eigenvalue weighted by Crippen LogP contribution is -2.53. The molecule has 0 aliphatic carbocycles. The lowest BCUT2D eigenvalue weighted by Gasteiger charge is -2.37. The van der Waals surface area contributed by atoms with E-state index in [0.29, 0.717) is 25.9 Å². The number of hydrogen-bond donors (Lipinski definition) is 2. The number of halogens is 4. The molecule has 0 radical (unpaired) electrons. The summed E-state index contributed by atoms with van der Waals surface area (Å²) in [5, 5.41) is 4.48. The van der Waals surface area contributed by atoms with Gasteiger partial charge in [-0.25, -0.2) is 4.79 Å². The molecule has 2 aromatic carbocycles. The number of nitrogens with one attached hydrogen (secondary N) is 2. The normalized spacial score (nSPS) is 17.4. The fraction of sp³-hybridized carbons (Fsp3) is 0.464. The molecule has 0 unspecified atom stereocenters. The van der Waals surface area contributed by atoms with Gasteiger partial charge in [0.25, 0.3) is 0 Å². The highest BCUT2D eigenvalue weighted by Gasteiger charge is 2.36. The van der Waals surface area contributed by atoms with Gasteiger partial charge >= 0.3 is 12.2 Å². The van der Waals surface area contributed by atoms with Crippen molar-refractivity contribution in [3.05, 3.63) is 64.7 Å². The summed E-state index contributed by atoms with van der Waals surface area (Å²) in [5.74, 6) is -0.356. The van der Waals surface area contributed by atoms with Crippen LogP contribution in [0, 0.1) is 5.92 Å². The highest BCUT2D eigenvalue weighted by molar-refractivity contribution is 6.34. The molecule has 0 saturated carbocycles. The Bertz CT molecular complexity index is 1160. The number of nitrogens with zero attached hydrogens (tertiary/aromatic N) is 2. The Labute approximate surface area is 230 Å². The molecule has 1 atom stereocenters. The van der Waals surface area contributed by atoms with Crippen molar-refractivity contribution < 1.29 is 27.6 Å². The first-order chi connectivity index (χ1) is 18.6. The van der Waals surface area contributed by atoms with Gasteiger partial charge in [0.15, 0.2) is 0 Å². The first kappa shape index (κ1) is 28.7. The molecule has 210 valence electrons. The minimum atomic E-state index is -4.73. The van der Waals surface area contributed by atoms with Crippen LogP contribution in [0.15, 0.2) is 48.5 Å². The van der Waals surface area contributed by atoms with E-state index in [4.69, 9.17) is 11.6 Å². The number of urea groups is 1. The number of piperidine rings is 2. The van der Waals surface area contributed by atoms with Gasteiger partial charge in [0, 0.05) is 38.5 Å². The average molecular weight is 565 g/mol. The van der Waals surface area contributed by atoms with Gasteiger partial charge < -0.3 is 20.4 Å². The average Bonchev–Trinajstić information content (AvgIpc) is 2.93. The molecule has 2 heterocycles. The fourth-order valence-corrected chi connectivity index (χ4v) is 5.41. The number of amides is 4. The SMILES string of the molecule is O=C(Nc1c(Cl)cccc1C(F)(F)F)N[C@H](Cc1ccccc1)C(=O)N1CCC(C(=O)N2CCCCC2)CC1. The van der Waals surface area contributed by atoms with Crippen LogP contribution in [0.25, 0.3) is 0 Å². The standard InChI is InChI=1S/C28H32ClF3N4O3/c29-22-11-7-10-21(28(30,31)32)24(22)34-27(39)33-23(18-19-8-3-1-4-9-19)26(38)36-16-12-20(13-17-36)25(37)35-14-5-2-6-15-35/h1,3-4,7-11,20,23H,2,5-6,12-18H2,(H2,33,34,39)/t23-/m1/s1. The van der Waals surface area contributed by atoms with E-state index in [1.807, 2.05) is 11.0 Å². The largest absolute Gasteiger partial charge is 0.418 e. The van der Waals surface area contributed by atoms with Crippen LogP contribution in [0.5, 0.6) is 0 Å². The zero-order valence-electron chi connectivity index (χ0n) is 21.5. The van der Waals surface area contributed by atoms with E-state index in [2.05, 4.69) is 10.6 Å². The Balaban J connectivity index is 1.44. The van der Waals surface area contributed by atoms with Crippen LogP contribution in [0.3, 0.4) is 0 Å². The molecule has 4 rings (SSSR count). The molecule has 11 heteroatoms. The molecule has 2 aliphatic rings. The number of carbonyl (C=O) groups is 3. The predicted molar refractivity (Wildman–Crippen MR) is 142 cm³/mol. The van der Waals surface area contributed by atoms with Gasteiger partial charge in [0.2, 0.25) is 11.8 Å². The third-order valence-electron chi connectivity index (χ3n) is 7.27. The maximum Gasteiger partial charge on any atom is 0.418 e. The summed E-state index contributed by atoms with van der Waals surface area (Å²) in [4.78, 5) is 42.9. The summed E-state index contributed by atoms with van der Waals surface area (Å²) in [7, 11) is 0. The van der Waals surface area contributed by atoms with Crippen molar-refractivity contribution in [1.29, 1.82) is 0 Å². The van der Waals surface area contributed by atoms with E-state index >= 15 is 0 Å². The van der Waals surface area contributed by atoms with E-state index in [0.717, 1.165) is 50.0 Å². The molecule has 0 aromatic heterocycles. The van der Waals surface area contributed by atoms with Crippen molar-refractivity contribution in [3.8, 4) is 0 Å². The lowest BCUT2D eigenvalue weighted by molar-refractivity contribution is -0.142. The van der Waals surface area contributed by atoms with Crippen molar-refractivity contribution in [1.82, 2.24) is 15.1 Å². The summed E-state index contributed by atoms with van der Waals surface area (Å²) in [6.07, 6.45) is -0.377. The van der Waals surface area contributed by atoms with Crippen LogP contribution in [0.1, 0.15) is 43.2 Å². The highest BCUT2D eigenvalue weighted by Crippen LogP contribution is 2.38. The number of benzene rings is 2. The Hall–Kier alpha value is -3.27. The number of likely N-dealkylation sites (tertiary alicyclic amines) is 2. The second-order valence-corrected chi connectivity index (χ2v) is 10.4. The Morgan fingerprint density at radius 2 is 1.56 bits per heavy atom. The molecule has 0 spiro atoms. The monoisotopic (exact) mass is 564 g/mol. The van der Waals surface area contributed by atoms with Crippen LogP contribution in [0.2, 0.25) is 5.02 Å². The number of anilines is 1. The van der Waals surface area contributed by atoms with Gasteiger partial charge in [-0.2, -0.15) is 13.2 Å². The zero-order valence-corrected chi connectivity index (χ0v) is 22.2. The third kappa shape index (κ3) is 7.44. The Morgan fingerprint density at radius 1 is 0.897 bits per heavy atom. The minimum absolute atomic E-state index is 0.139. The number of carbonyl (C=O) groups excluding carboxylic acids is 3. The summed E-state index contributed by atoms with van der Waals surface area (Å²) in [5.41, 5.74) is -0.885. The van der Waals surface area contributed by atoms with E-state index < -0.39 is 29.5 Å². The molecule has 4 amide bonds. The summed E-state index contributed by atoms with van der Waals surface area (Å²) in [6, 6.07) is 10.2.